The van der Waals surface area contributed by atoms with Gasteiger partial charge in [0.25, 0.3) is 23.2 Å². The lowest BCUT2D eigenvalue weighted by Gasteiger charge is -2.20. The quantitative estimate of drug-likeness (QED) is 0.0568. The zero-order valence-corrected chi connectivity index (χ0v) is 22.1. The van der Waals surface area contributed by atoms with Crippen molar-refractivity contribution in [1.82, 2.24) is 16.0 Å². The molecule has 2 rings (SSSR count). The Kier molecular flexibility index (Phi) is 11.9. The summed E-state index contributed by atoms with van der Waals surface area (Å²) in [4.78, 5) is 58.8. The third-order valence-electron chi connectivity index (χ3n) is 5.68. The predicted octanol–water partition coefficient (Wildman–Crippen LogP) is -1.91. The molecule has 1 atom stereocenters. The minimum absolute atomic E-state index is 0.0770. The van der Waals surface area contributed by atoms with Gasteiger partial charge in [-0.15, -0.1) is 0 Å². The Labute approximate surface area is 234 Å². The van der Waals surface area contributed by atoms with Gasteiger partial charge in [0, 0.05) is 48.0 Å². The first-order valence-corrected chi connectivity index (χ1v) is 12.4. The normalized spacial score (nSPS) is 11.4. The van der Waals surface area contributed by atoms with E-state index in [1.807, 2.05) is 0 Å². The third kappa shape index (κ3) is 9.95. The number of nitrogens with zero attached hydrogens (tertiary/aromatic N) is 2. The Bertz CT molecular complexity index is 1310. The van der Waals surface area contributed by atoms with Crippen LogP contribution in [0.5, 0.6) is 0 Å². The summed E-state index contributed by atoms with van der Waals surface area (Å²) >= 11 is 0. The minimum atomic E-state index is -2.07. The van der Waals surface area contributed by atoms with Gasteiger partial charge < -0.3 is 36.0 Å². The fourth-order valence-electron chi connectivity index (χ4n) is 3.71. The summed E-state index contributed by atoms with van der Waals surface area (Å²) in [6, 6.07) is 4.55. The molecule has 1 unspecified atom stereocenters. The minimum Gasteiger partial charge on any atom is -0.423 e. The molecule has 2 aromatic carbocycles. The molecule has 0 radical (unpaired) electrons. The molecule has 41 heavy (non-hydrogen) atoms. The monoisotopic (exact) mass is 573 g/mol. The zero-order valence-electron chi connectivity index (χ0n) is 22.1. The second kappa shape index (κ2) is 14.8. The number of benzene rings is 2. The smallest absolute Gasteiger partial charge is 0.423 e. The summed E-state index contributed by atoms with van der Waals surface area (Å²) in [6.45, 7) is 3.49. The molecule has 7 N–H and O–H groups in total. The van der Waals surface area contributed by atoms with E-state index in [1.165, 1.54) is 0 Å². The number of amides is 3. The maximum Gasteiger partial charge on any atom is 0.488 e. The van der Waals surface area contributed by atoms with E-state index in [4.69, 9.17) is 0 Å². The predicted molar refractivity (Wildman–Crippen MR) is 147 cm³/mol. The van der Waals surface area contributed by atoms with E-state index < -0.39 is 59.2 Å². The Morgan fingerprint density at radius 2 is 1.27 bits per heavy atom. The van der Waals surface area contributed by atoms with Gasteiger partial charge in [0.15, 0.2) is 0 Å². The van der Waals surface area contributed by atoms with Crippen molar-refractivity contribution in [2.45, 2.75) is 45.2 Å². The van der Waals surface area contributed by atoms with Gasteiger partial charge >= 0.3 is 14.2 Å². The Morgan fingerprint density at radius 1 is 0.780 bits per heavy atom. The number of unbranched alkanes of at least 4 members (excludes halogenated alkanes) is 1. The highest BCUT2D eigenvalue weighted by Crippen LogP contribution is 2.14. The van der Waals surface area contributed by atoms with Gasteiger partial charge in [0.2, 0.25) is 5.91 Å². The highest BCUT2D eigenvalue weighted by atomic mass is 16.6. The molecule has 0 spiro atoms. The van der Waals surface area contributed by atoms with E-state index >= 15 is 0 Å². The summed E-state index contributed by atoms with van der Waals surface area (Å²) in [5.74, 6) is -2.09. The van der Waals surface area contributed by atoms with E-state index in [2.05, 4.69) is 16.0 Å². The highest BCUT2D eigenvalue weighted by Gasteiger charge is 2.25. The van der Waals surface area contributed by atoms with Crippen LogP contribution in [-0.4, -0.2) is 80.5 Å². The van der Waals surface area contributed by atoms with Crippen LogP contribution in [0.15, 0.2) is 36.4 Å². The van der Waals surface area contributed by atoms with Crippen LogP contribution < -0.4 is 26.9 Å². The lowest BCUT2D eigenvalue weighted by atomic mass is 9.79. The standard InChI is InChI=1S/C23H29B2N5O11/c1-13(2)27-23(33)20(28-22(32)15-8-17(25(36)37)12-19(10-15)30(40)41)5-3-4-6-26-21(31)14-7-16(24(34)35)11-18(9-14)29(38)39/h7-13,20,34-37H,3-6H2,1-2H3,(H,26,31)(H,27,33)(H,28,32). The van der Waals surface area contributed by atoms with Crippen LogP contribution in [0.2, 0.25) is 0 Å². The van der Waals surface area contributed by atoms with Crippen molar-refractivity contribution in [1.29, 1.82) is 0 Å². The summed E-state index contributed by atoms with van der Waals surface area (Å²) in [6.07, 6.45) is 0.721. The summed E-state index contributed by atoms with van der Waals surface area (Å²) in [5.41, 5.74) is -1.99. The SMILES string of the molecule is CC(C)NC(=O)C(CCCCNC(=O)c1cc(B(O)O)cc([N+](=O)[O-])c1)NC(=O)c1cc(B(O)O)cc([N+](=O)[O-])c1. The van der Waals surface area contributed by atoms with E-state index in [1.54, 1.807) is 13.8 Å². The molecule has 0 fully saturated rings. The van der Waals surface area contributed by atoms with Gasteiger partial charge in [0.1, 0.15) is 6.04 Å². The van der Waals surface area contributed by atoms with E-state index in [0.29, 0.717) is 12.8 Å². The van der Waals surface area contributed by atoms with Gasteiger partial charge in [-0.3, -0.25) is 34.6 Å². The Balaban J connectivity index is 2.06. The molecule has 218 valence electrons. The lowest BCUT2D eigenvalue weighted by molar-refractivity contribution is -0.385. The van der Waals surface area contributed by atoms with Gasteiger partial charge in [0.05, 0.1) is 9.85 Å². The van der Waals surface area contributed by atoms with Gasteiger partial charge in [-0.2, -0.15) is 0 Å². The third-order valence-corrected chi connectivity index (χ3v) is 5.68. The molecule has 0 saturated heterocycles. The topological polar surface area (TPSA) is 254 Å². The second-order valence-corrected chi connectivity index (χ2v) is 9.33. The molecule has 2 aromatic rings. The molecule has 3 amide bonds. The average molecular weight is 573 g/mol. The van der Waals surface area contributed by atoms with Crippen molar-refractivity contribution >= 4 is 54.3 Å². The summed E-state index contributed by atoms with van der Waals surface area (Å²) in [5, 5.41) is 67.5. The van der Waals surface area contributed by atoms with Crippen LogP contribution in [-0.2, 0) is 4.79 Å². The number of hydrogen-bond acceptors (Lipinski definition) is 11. The van der Waals surface area contributed by atoms with Crippen LogP contribution in [0.25, 0.3) is 0 Å². The number of nitro groups is 2. The van der Waals surface area contributed by atoms with E-state index in [0.717, 1.165) is 36.4 Å². The number of non-ortho nitro benzene ring substituents is 2. The first-order chi connectivity index (χ1) is 19.2. The average Bonchev–Trinajstić information content (AvgIpc) is 2.90. The summed E-state index contributed by atoms with van der Waals surface area (Å²) in [7, 11) is -4.09. The van der Waals surface area contributed by atoms with Crippen molar-refractivity contribution in [2.24, 2.45) is 0 Å². The Morgan fingerprint density at radius 3 is 1.71 bits per heavy atom. The largest absolute Gasteiger partial charge is 0.488 e. The van der Waals surface area contributed by atoms with E-state index in [9.17, 15) is 54.7 Å². The molecule has 0 bridgehead atoms. The van der Waals surface area contributed by atoms with Gasteiger partial charge in [-0.05, 0) is 56.2 Å². The molecular weight excluding hydrogens is 544 g/mol. The van der Waals surface area contributed by atoms with Gasteiger partial charge in [-0.25, -0.2) is 0 Å². The molecule has 0 aliphatic rings. The van der Waals surface area contributed by atoms with E-state index in [-0.39, 0.29) is 41.1 Å². The summed E-state index contributed by atoms with van der Waals surface area (Å²) < 4.78 is 0. The van der Waals surface area contributed by atoms with Crippen LogP contribution >= 0.6 is 0 Å². The number of nitro benzene ring substituents is 2. The molecule has 0 aliphatic heterocycles. The lowest BCUT2D eigenvalue weighted by Crippen LogP contribution is -2.48. The molecule has 0 aromatic heterocycles. The van der Waals surface area contributed by atoms with Crippen LogP contribution in [0.4, 0.5) is 11.4 Å². The second-order valence-electron chi connectivity index (χ2n) is 9.33. The van der Waals surface area contributed by atoms with Crippen LogP contribution in [0, 0.1) is 20.2 Å². The molecule has 18 heteroatoms. The number of rotatable bonds is 14. The van der Waals surface area contributed by atoms with Crippen LogP contribution in [0.1, 0.15) is 53.8 Å². The highest BCUT2D eigenvalue weighted by molar-refractivity contribution is 6.59. The number of carbonyl (C=O) groups excluding carboxylic acids is 3. The number of carbonyl (C=O) groups is 3. The number of nitrogens with one attached hydrogen (secondary N) is 3. The van der Waals surface area contributed by atoms with Crippen molar-refractivity contribution in [3.63, 3.8) is 0 Å². The molecule has 16 nitrogen and oxygen atoms in total. The van der Waals surface area contributed by atoms with Crippen molar-refractivity contribution < 1.29 is 44.3 Å². The molecule has 0 heterocycles. The van der Waals surface area contributed by atoms with Crippen LogP contribution in [0.3, 0.4) is 0 Å². The molecular formula is C23H29B2N5O11. The molecule has 0 aliphatic carbocycles. The first kappa shape index (κ1) is 32.8. The van der Waals surface area contributed by atoms with Crippen molar-refractivity contribution in [3.05, 3.63) is 67.8 Å². The fraction of sp³-hybridized carbons (Fsp3) is 0.348. The Hall–Kier alpha value is -4.38. The van der Waals surface area contributed by atoms with Crippen molar-refractivity contribution in [3.8, 4) is 0 Å². The zero-order chi connectivity index (χ0) is 30.9. The fourth-order valence-corrected chi connectivity index (χ4v) is 3.71. The molecule has 0 saturated carbocycles. The van der Waals surface area contributed by atoms with Crippen molar-refractivity contribution in [2.75, 3.05) is 6.54 Å². The maximum atomic E-state index is 12.9. The number of hydrogen-bond donors (Lipinski definition) is 7. The maximum absolute atomic E-state index is 12.9. The first-order valence-electron chi connectivity index (χ1n) is 12.4. The van der Waals surface area contributed by atoms with Gasteiger partial charge in [-0.1, -0.05) is 0 Å².